The van der Waals surface area contributed by atoms with E-state index >= 15 is 0 Å². The Morgan fingerprint density at radius 3 is 2.70 bits per heavy atom. The normalized spacial score (nSPS) is 19.8. The largest absolute Gasteiger partial charge is 0.493 e. The number of rotatable bonds is 4. The van der Waals surface area contributed by atoms with Crippen LogP contribution < -0.4 is 25.8 Å². The highest BCUT2D eigenvalue weighted by Gasteiger charge is 2.40. The topological polar surface area (TPSA) is 106 Å². The molecule has 2 aromatic heterocycles. The quantitative estimate of drug-likeness (QED) is 0.354. The number of ether oxygens (including phenoxy) is 1. The zero-order valence-electron chi connectivity index (χ0n) is 23.0. The first-order valence-corrected chi connectivity index (χ1v) is 14.4. The van der Waals surface area contributed by atoms with Gasteiger partial charge in [-0.2, -0.15) is 22.7 Å². The van der Waals surface area contributed by atoms with Crippen LogP contribution in [0.15, 0.2) is 41.2 Å². The second kappa shape index (κ2) is 10.3. The van der Waals surface area contributed by atoms with Crippen molar-refractivity contribution in [2.45, 2.75) is 37.9 Å². The molecule has 1 fully saturated rings. The van der Waals surface area contributed by atoms with Crippen LogP contribution in [0.25, 0.3) is 17.2 Å². The Morgan fingerprint density at radius 2 is 1.95 bits per heavy atom. The van der Waals surface area contributed by atoms with E-state index in [2.05, 4.69) is 15.7 Å². The average molecular weight is 614 g/mol. The summed E-state index contributed by atoms with van der Waals surface area (Å²) in [5.41, 5.74) is 1.73. The highest BCUT2D eigenvalue weighted by Crippen LogP contribution is 2.42. The molecule has 7 rings (SSSR count). The van der Waals surface area contributed by atoms with Gasteiger partial charge in [0.2, 0.25) is 11.7 Å². The van der Waals surface area contributed by atoms with E-state index in [0.717, 1.165) is 35.9 Å². The van der Waals surface area contributed by atoms with E-state index in [1.54, 1.807) is 4.57 Å². The van der Waals surface area contributed by atoms with Gasteiger partial charge in [-0.25, -0.2) is 0 Å². The van der Waals surface area contributed by atoms with Crippen molar-refractivity contribution in [2.24, 2.45) is 0 Å². The van der Waals surface area contributed by atoms with Crippen LogP contribution in [0.3, 0.4) is 0 Å². The SMILES string of the molecule is C[C@@H]1C[C@H](C(=O)Nc2ccc(C(F)(F)F)cc2Cl)n2c1c(N1CCNCC1)c(=O)n1nc(-c3ccc4c(c3)CCO4)nc21. The Hall–Kier alpha value is -4.10. The molecular weight excluding hydrogens is 587 g/mol. The van der Waals surface area contributed by atoms with Crippen LogP contribution in [0.2, 0.25) is 5.02 Å². The molecule has 2 N–H and O–H groups in total. The molecule has 3 aliphatic rings. The van der Waals surface area contributed by atoms with Crippen molar-refractivity contribution in [1.82, 2.24) is 24.5 Å². The maximum Gasteiger partial charge on any atom is 0.416 e. The van der Waals surface area contributed by atoms with Crippen molar-refractivity contribution in [2.75, 3.05) is 43.0 Å². The van der Waals surface area contributed by atoms with E-state index in [0.29, 0.717) is 62.0 Å². The highest BCUT2D eigenvalue weighted by molar-refractivity contribution is 6.33. The number of fused-ring (bicyclic) bond motifs is 4. The molecule has 43 heavy (non-hydrogen) atoms. The summed E-state index contributed by atoms with van der Waals surface area (Å²) in [4.78, 5) is 34.6. The number of alkyl halides is 3. The molecule has 10 nitrogen and oxygen atoms in total. The Morgan fingerprint density at radius 1 is 1.16 bits per heavy atom. The molecular formula is C29H27ClF3N7O3. The van der Waals surface area contributed by atoms with Crippen LogP contribution in [-0.2, 0) is 17.4 Å². The number of anilines is 2. The van der Waals surface area contributed by atoms with Gasteiger partial charge in [0.05, 0.1) is 28.6 Å². The maximum atomic E-state index is 14.0. The number of aromatic nitrogens is 4. The first-order valence-electron chi connectivity index (χ1n) is 14.0. The molecule has 0 spiro atoms. The number of carbonyl (C=O) groups is 1. The fraction of sp³-hybridized carbons (Fsp3) is 0.379. The van der Waals surface area contributed by atoms with Crippen LogP contribution in [0.5, 0.6) is 5.75 Å². The molecule has 0 bridgehead atoms. The molecule has 0 saturated carbocycles. The summed E-state index contributed by atoms with van der Waals surface area (Å²) in [6.07, 6.45) is -3.46. The number of hydrogen-bond acceptors (Lipinski definition) is 7. The molecule has 1 amide bonds. The average Bonchev–Trinajstić information content (AvgIpc) is 3.71. The zero-order valence-corrected chi connectivity index (χ0v) is 23.8. The Kier molecular flexibility index (Phi) is 6.62. The van der Waals surface area contributed by atoms with Gasteiger partial charge in [-0.05, 0) is 48.4 Å². The van der Waals surface area contributed by atoms with E-state index in [9.17, 15) is 22.8 Å². The van der Waals surface area contributed by atoms with E-state index in [1.165, 1.54) is 4.52 Å². The van der Waals surface area contributed by atoms with Crippen LogP contribution >= 0.6 is 11.6 Å². The van der Waals surface area contributed by atoms with Crippen molar-refractivity contribution in [3.05, 3.63) is 68.6 Å². The summed E-state index contributed by atoms with van der Waals surface area (Å²) in [5, 5.41) is 10.4. The smallest absolute Gasteiger partial charge is 0.416 e. The second-order valence-corrected chi connectivity index (χ2v) is 11.5. The van der Waals surface area contributed by atoms with Crippen molar-refractivity contribution < 1.29 is 22.7 Å². The molecule has 4 aromatic rings. The lowest BCUT2D eigenvalue weighted by atomic mass is 10.0. The fourth-order valence-corrected chi connectivity index (χ4v) is 6.45. The van der Waals surface area contributed by atoms with Gasteiger partial charge in [0, 0.05) is 44.1 Å². The van der Waals surface area contributed by atoms with Gasteiger partial charge in [-0.3, -0.25) is 14.2 Å². The lowest BCUT2D eigenvalue weighted by molar-refractivity contribution is -0.137. The predicted octanol–water partition coefficient (Wildman–Crippen LogP) is 4.26. The molecule has 14 heteroatoms. The number of amides is 1. The second-order valence-electron chi connectivity index (χ2n) is 11.0. The summed E-state index contributed by atoms with van der Waals surface area (Å²) in [7, 11) is 0. The van der Waals surface area contributed by atoms with E-state index < -0.39 is 23.7 Å². The molecule has 2 aromatic carbocycles. The van der Waals surface area contributed by atoms with Crippen molar-refractivity contribution in [1.29, 1.82) is 0 Å². The Bertz CT molecular complexity index is 1830. The number of hydrogen-bond donors (Lipinski definition) is 2. The third-order valence-electron chi connectivity index (χ3n) is 8.30. The van der Waals surface area contributed by atoms with Gasteiger partial charge in [-0.1, -0.05) is 18.5 Å². The zero-order chi connectivity index (χ0) is 30.0. The lowest BCUT2D eigenvalue weighted by Crippen LogP contribution is -2.46. The number of piperazine rings is 1. The molecule has 1 saturated heterocycles. The minimum atomic E-state index is -4.57. The van der Waals surface area contributed by atoms with Gasteiger partial charge in [0.1, 0.15) is 17.5 Å². The van der Waals surface area contributed by atoms with E-state index in [4.69, 9.17) is 21.3 Å². The first-order chi connectivity index (χ1) is 20.6. The predicted molar refractivity (Wildman–Crippen MR) is 154 cm³/mol. The summed E-state index contributed by atoms with van der Waals surface area (Å²) in [5.74, 6) is 0.680. The molecule has 0 aliphatic carbocycles. The van der Waals surface area contributed by atoms with Crippen LogP contribution in [0.4, 0.5) is 24.5 Å². The minimum Gasteiger partial charge on any atom is -0.493 e. The van der Waals surface area contributed by atoms with Crippen molar-refractivity contribution >= 4 is 34.7 Å². The minimum absolute atomic E-state index is 0.0580. The number of nitrogens with one attached hydrogen (secondary N) is 2. The van der Waals surface area contributed by atoms with Gasteiger partial charge < -0.3 is 20.3 Å². The third kappa shape index (κ3) is 4.70. The summed E-state index contributed by atoms with van der Waals surface area (Å²) in [6, 6.07) is 7.62. The number of carbonyl (C=O) groups excluding carboxylic acids is 1. The number of benzene rings is 2. The van der Waals surface area contributed by atoms with E-state index in [1.807, 2.05) is 30.0 Å². The molecule has 2 atom stereocenters. The monoisotopic (exact) mass is 613 g/mol. The summed E-state index contributed by atoms with van der Waals surface area (Å²) >= 11 is 6.16. The van der Waals surface area contributed by atoms with Gasteiger partial charge >= 0.3 is 6.18 Å². The molecule has 3 aliphatic heterocycles. The maximum absolute atomic E-state index is 14.0. The Labute approximate surface area is 248 Å². The third-order valence-corrected chi connectivity index (χ3v) is 8.61. The summed E-state index contributed by atoms with van der Waals surface area (Å²) in [6.45, 7) is 5.14. The van der Waals surface area contributed by atoms with Crippen molar-refractivity contribution in [3.8, 4) is 17.1 Å². The molecule has 224 valence electrons. The van der Waals surface area contributed by atoms with E-state index in [-0.39, 0.29) is 28.0 Å². The Balaban J connectivity index is 1.35. The molecule has 0 unspecified atom stereocenters. The highest BCUT2D eigenvalue weighted by atomic mass is 35.5. The standard InChI is InChI=1S/C29H27ClF3N7O3/c1-15-12-21(26(41)35-20-4-3-18(14-19(20)30)29(31,32)33)39-23(15)24(38-9-7-34-8-10-38)27(42)40-28(39)36-25(37-40)17-2-5-22-16(13-17)6-11-43-22/h2-5,13-15,21,34H,6-12H2,1H3,(H,35,41)/t15-,21-/m1/s1. The summed E-state index contributed by atoms with van der Waals surface area (Å²) < 4.78 is 48.2. The molecule has 5 heterocycles. The number of halogens is 4. The van der Waals surface area contributed by atoms with Gasteiger partial charge in [0.25, 0.3) is 5.56 Å². The van der Waals surface area contributed by atoms with Crippen LogP contribution in [-0.4, -0.2) is 57.9 Å². The fourth-order valence-electron chi connectivity index (χ4n) is 6.22. The lowest BCUT2D eigenvalue weighted by Gasteiger charge is -2.31. The van der Waals surface area contributed by atoms with Gasteiger partial charge in [0.15, 0.2) is 5.82 Å². The molecule has 0 radical (unpaired) electrons. The number of nitrogens with zero attached hydrogens (tertiary/aromatic N) is 5. The van der Waals surface area contributed by atoms with Crippen LogP contribution in [0, 0.1) is 0 Å². The van der Waals surface area contributed by atoms with Crippen LogP contribution in [0.1, 0.15) is 42.1 Å². The first kappa shape index (κ1) is 27.7. The van der Waals surface area contributed by atoms with Gasteiger partial charge in [-0.15, -0.1) is 5.10 Å². The van der Waals surface area contributed by atoms with Crippen molar-refractivity contribution in [3.63, 3.8) is 0 Å².